The van der Waals surface area contributed by atoms with E-state index in [0.717, 1.165) is 31.2 Å². The van der Waals surface area contributed by atoms with Gasteiger partial charge in [0.15, 0.2) is 0 Å². The molecular weight excluding hydrogens is 451 g/mol. The molecule has 1 aromatic carbocycles. The quantitative estimate of drug-likeness (QED) is 0.293. The second-order valence-electron chi connectivity index (χ2n) is 4.50. The first-order valence-electron chi connectivity index (χ1n) is 6.36. The van der Waals surface area contributed by atoms with Crippen molar-refractivity contribution in [2.24, 2.45) is 0 Å². The molecule has 0 amide bonds. The topological polar surface area (TPSA) is 26.3 Å². The molecule has 0 aromatic heterocycles. The summed E-state index contributed by atoms with van der Waals surface area (Å²) in [6, 6.07) is 9.43. The van der Waals surface area contributed by atoms with E-state index in [-0.39, 0.29) is 56.1 Å². The zero-order valence-corrected chi connectivity index (χ0v) is 15.8. The Bertz CT molecular complexity index is 406. The SMILES string of the molecule is C=C(C(=O)OC1C[CH-]CC[CH-]C1)c1ccccc1.[Ac]. The van der Waals surface area contributed by atoms with Crippen LogP contribution in [-0.4, -0.2) is 12.1 Å². The van der Waals surface area contributed by atoms with E-state index in [0.29, 0.717) is 5.57 Å². The first-order valence-corrected chi connectivity index (χ1v) is 6.36. The molecule has 1 aliphatic rings. The Morgan fingerprint density at radius 3 is 2.32 bits per heavy atom. The van der Waals surface area contributed by atoms with E-state index in [4.69, 9.17) is 4.74 Å². The van der Waals surface area contributed by atoms with E-state index in [2.05, 4.69) is 19.4 Å². The predicted octanol–water partition coefficient (Wildman–Crippen LogP) is 3.59. The van der Waals surface area contributed by atoms with Crippen molar-refractivity contribution in [2.75, 3.05) is 0 Å². The molecule has 1 radical (unpaired) electrons. The summed E-state index contributed by atoms with van der Waals surface area (Å²) in [5, 5.41) is 0. The molecule has 0 N–H and O–H groups in total. The van der Waals surface area contributed by atoms with Gasteiger partial charge in [-0.15, -0.1) is 12.8 Å². The molecule has 0 aliphatic heterocycles. The average molecular weight is 469 g/mol. The maximum Gasteiger partial charge on any atom is 0.338 e. The molecule has 1 aromatic rings. The third-order valence-electron chi connectivity index (χ3n) is 3.08. The van der Waals surface area contributed by atoms with Gasteiger partial charge in [0, 0.05) is 50.2 Å². The maximum atomic E-state index is 12.0. The summed E-state index contributed by atoms with van der Waals surface area (Å²) >= 11 is 0. The summed E-state index contributed by atoms with van der Waals surface area (Å²) in [7, 11) is 0. The van der Waals surface area contributed by atoms with Crippen molar-refractivity contribution in [1.29, 1.82) is 0 Å². The molecule has 0 unspecified atom stereocenters. The Morgan fingerprint density at radius 1 is 1.16 bits per heavy atom. The molecule has 19 heavy (non-hydrogen) atoms. The molecule has 2 rings (SSSR count). The van der Waals surface area contributed by atoms with Crippen molar-refractivity contribution < 1.29 is 53.6 Å². The largest absolute Gasteiger partial charge is 0.464 e. The standard InChI is InChI=1S/C16H18O2.Ac/c1-13(14-9-5-4-6-10-14)16(17)18-15-11-7-2-3-8-12-15;/h4-10,15H,1-3,11-12H2;/q-2;. The second kappa shape index (κ2) is 8.93. The molecule has 0 spiro atoms. The zero-order chi connectivity index (χ0) is 12.8. The number of carbonyl (C=O) groups excluding carboxylic acids is 1. The van der Waals surface area contributed by atoms with Crippen molar-refractivity contribution in [3.8, 4) is 0 Å². The minimum atomic E-state index is -0.310. The first kappa shape index (κ1) is 16.9. The van der Waals surface area contributed by atoms with Gasteiger partial charge in [0.1, 0.15) is 0 Å². The van der Waals surface area contributed by atoms with Gasteiger partial charge >= 0.3 is 5.97 Å². The van der Waals surface area contributed by atoms with Crippen molar-refractivity contribution in [3.63, 3.8) is 0 Å². The molecular formula is C16H18AcO2-2. The van der Waals surface area contributed by atoms with E-state index in [1.165, 1.54) is 0 Å². The fraction of sp³-hybridized carbons (Fsp3) is 0.312. The number of benzene rings is 1. The van der Waals surface area contributed by atoms with Gasteiger partial charge in [-0.05, 0) is 5.56 Å². The van der Waals surface area contributed by atoms with Crippen molar-refractivity contribution in [3.05, 3.63) is 55.3 Å². The van der Waals surface area contributed by atoms with Gasteiger partial charge in [-0.25, -0.2) is 17.6 Å². The summed E-state index contributed by atoms with van der Waals surface area (Å²) in [6.45, 7) is 3.82. The van der Waals surface area contributed by atoms with Crippen molar-refractivity contribution >= 4 is 11.5 Å². The van der Waals surface area contributed by atoms with Crippen LogP contribution in [0.3, 0.4) is 0 Å². The average Bonchev–Trinajstić information content (AvgIpc) is 2.67. The monoisotopic (exact) mass is 469 g/mol. The Balaban J connectivity index is 0.00000180. The Morgan fingerprint density at radius 2 is 1.74 bits per heavy atom. The van der Waals surface area contributed by atoms with Crippen LogP contribution in [0.25, 0.3) is 5.57 Å². The van der Waals surface area contributed by atoms with Crippen LogP contribution in [0.1, 0.15) is 31.2 Å². The Hall–Kier alpha value is -0.128. The zero-order valence-electron chi connectivity index (χ0n) is 11.0. The van der Waals surface area contributed by atoms with Gasteiger partial charge in [-0.3, -0.25) is 0 Å². The molecule has 0 saturated heterocycles. The third kappa shape index (κ3) is 5.40. The van der Waals surface area contributed by atoms with Gasteiger partial charge in [-0.2, -0.15) is 0 Å². The molecule has 1 saturated carbocycles. The Labute approximate surface area is 151 Å². The minimum Gasteiger partial charge on any atom is -0.464 e. The molecule has 0 atom stereocenters. The molecule has 1 aliphatic carbocycles. The second-order valence-corrected chi connectivity index (χ2v) is 4.50. The van der Waals surface area contributed by atoms with Crippen LogP contribution in [-0.2, 0) is 9.53 Å². The van der Waals surface area contributed by atoms with E-state index in [9.17, 15) is 4.79 Å². The summed E-state index contributed by atoms with van der Waals surface area (Å²) in [5.41, 5.74) is 1.25. The van der Waals surface area contributed by atoms with E-state index >= 15 is 0 Å². The molecule has 0 heterocycles. The summed E-state index contributed by atoms with van der Waals surface area (Å²) < 4.78 is 5.49. The van der Waals surface area contributed by atoms with Crippen LogP contribution in [0.4, 0.5) is 0 Å². The van der Waals surface area contributed by atoms with Crippen LogP contribution in [0.2, 0.25) is 0 Å². The fourth-order valence-corrected chi connectivity index (χ4v) is 2.02. The molecule has 1 fully saturated rings. The summed E-state index contributed by atoms with van der Waals surface area (Å²) in [5.74, 6) is -0.310. The number of hydrogen-bond acceptors (Lipinski definition) is 2. The summed E-state index contributed by atoms with van der Waals surface area (Å²) in [4.78, 5) is 12.0. The van der Waals surface area contributed by atoms with Crippen LogP contribution >= 0.6 is 0 Å². The van der Waals surface area contributed by atoms with Gasteiger partial charge < -0.3 is 17.6 Å². The van der Waals surface area contributed by atoms with E-state index < -0.39 is 0 Å². The molecule has 3 heteroatoms. The van der Waals surface area contributed by atoms with Gasteiger partial charge in [0.25, 0.3) is 0 Å². The number of ether oxygens (including phenoxy) is 1. The smallest absolute Gasteiger partial charge is 0.338 e. The van der Waals surface area contributed by atoms with Crippen LogP contribution in [0.15, 0.2) is 36.9 Å². The van der Waals surface area contributed by atoms with Crippen molar-refractivity contribution in [2.45, 2.75) is 31.8 Å². The third-order valence-corrected chi connectivity index (χ3v) is 3.08. The number of hydrogen-bond donors (Lipinski definition) is 0. The van der Waals surface area contributed by atoms with Crippen molar-refractivity contribution in [1.82, 2.24) is 0 Å². The molecule has 99 valence electrons. The normalized spacial score (nSPS) is 16.0. The Kier molecular flexibility index (Phi) is 7.95. The molecule has 2 nitrogen and oxygen atoms in total. The van der Waals surface area contributed by atoms with E-state index in [1.54, 1.807) is 0 Å². The van der Waals surface area contributed by atoms with Crippen LogP contribution in [0, 0.1) is 56.9 Å². The molecule has 0 bridgehead atoms. The van der Waals surface area contributed by atoms with Crippen LogP contribution < -0.4 is 0 Å². The maximum absolute atomic E-state index is 12.0. The van der Waals surface area contributed by atoms with Gasteiger partial charge in [0.05, 0.1) is 5.57 Å². The fourth-order valence-electron chi connectivity index (χ4n) is 2.02. The summed E-state index contributed by atoms with van der Waals surface area (Å²) in [6.07, 6.45) is 8.18. The number of rotatable bonds is 3. The van der Waals surface area contributed by atoms with Gasteiger partial charge in [0.2, 0.25) is 0 Å². The van der Waals surface area contributed by atoms with E-state index in [1.807, 2.05) is 30.3 Å². The predicted molar refractivity (Wildman–Crippen MR) is 72.4 cm³/mol. The number of esters is 1. The minimum absolute atomic E-state index is 0. The first-order chi connectivity index (χ1) is 8.77. The van der Waals surface area contributed by atoms with Crippen LogP contribution in [0.5, 0.6) is 0 Å². The van der Waals surface area contributed by atoms with Gasteiger partial charge in [-0.1, -0.05) is 36.9 Å². The number of carbonyl (C=O) groups is 1.